The highest BCUT2D eigenvalue weighted by Gasteiger charge is 2.38. The smallest absolute Gasteiger partial charge is 0.407 e. The summed E-state index contributed by atoms with van der Waals surface area (Å²) in [6.45, 7) is 3.67. The van der Waals surface area contributed by atoms with E-state index in [1.54, 1.807) is 36.0 Å². The summed E-state index contributed by atoms with van der Waals surface area (Å²) in [5.41, 5.74) is 2.17. The first-order valence-electron chi connectivity index (χ1n) is 12.4. The number of aromatic amines is 1. The number of rotatable bonds is 8. The van der Waals surface area contributed by atoms with Crippen LogP contribution < -0.4 is 10.6 Å². The van der Waals surface area contributed by atoms with Gasteiger partial charge in [-0.1, -0.05) is 6.07 Å². The van der Waals surface area contributed by atoms with Gasteiger partial charge in [-0.2, -0.15) is 5.10 Å². The molecule has 0 saturated heterocycles. The van der Waals surface area contributed by atoms with Crippen LogP contribution in [-0.2, 0) is 14.6 Å². The maximum absolute atomic E-state index is 13.3. The number of sulfone groups is 1. The van der Waals surface area contributed by atoms with E-state index in [1.165, 1.54) is 0 Å². The number of aromatic nitrogens is 3. The number of nitrogens with zero attached hydrogens (tertiary/aromatic N) is 2. The second-order valence-corrected chi connectivity index (χ2v) is 13.0. The summed E-state index contributed by atoms with van der Waals surface area (Å²) in [6.07, 6.45) is 9.64. The molecular weight excluding hydrogens is 498 g/mol. The number of hydrogen-bond donors (Lipinski definition) is 3. The number of H-pyrrole nitrogens is 1. The second-order valence-electron chi connectivity index (χ2n) is 9.78. The molecule has 2 fully saturated rings. The van der Waals surface area contributed by atoms with Crippen LogP contribution in [0.25, 0.3) is 10.4 Å². The molecule has 2 aliphatic rings. The van der Waals surface area contributed by atoms with Crippen LogP contribution in [0.3, 0.4) is 0 Å². The number of alkyl carbamates (subject to hydrolysis) is 1. The molecule has 36 heavy (non-hydrogen) atoms. The van der Waals surface area contributed by atoms with Gasteiger partial charge in [0.25, 0.3) is 0 Å². The Bertz CT molecular complexity index is 1310. The third kappa shape index (κ3) is 5.57. The van der Waals surface area contributed by atoms with Crippen LogP contribution in [0.4, 0.5) is 16.2 Å². The molecule has 11 heteroatoms. The summed E-state index contributed by atoms with van der Waals surface area (Å²) in [6, 6.07) is 5.59. The lowest BCUT2D eigenvalue weighted by molar-refractivity contribution is 0.109. The molecular formula is C25H31N5O4S2. The highest BCUT2D eigenvalue weighted by Crippen LogP contribution is 2.43. The number of ether oxygens (including phenoxy) is 1. The van der Waals surface area contributed by atoms with E-state index in [9.17, 15) is 13.2 Å². The van der Waals surface area contributed by atoms with Crippen molar-refractivity contribution in [2.45, 2.75) is 80.6 Å². The van der Waals surface area contributed by atoms with Crippen LogP contribution >= 0.6 is 11.3 Å². The molecule has 0 atom stereocenters. The summed E-state index contributed by atoms with van der Waals surface area (Å²) in [7, 11) is -3.43. The molecule has 2 aromatic heterocycles. The standard InChI is InChI=1S/C25H31N5O4S2/c1-15(2)34-25(31)30-17-5-3-16(4-6-17)24-26-14-22(35-24)21-10-7-18(29-19-12-27-28-13-19)11-23(21)36(32,33)20-8-9-20/h7,10-17,20,29H,3-6,8-9H2,1-2H3,(H,27,28)(H,30,31)/t16-,17-. The monoisotopic (exact) mass is 529 g/mol. The Morgan fingerprint density at radius 3 is 2.56 bits per heavy atom. The van der Waals surface area contributed by atoms with E-state index in [4.69, 9.17) is 9.72 Å². The molecule has 3 aromatic rings. The highest BCUT2D eigenvalue weighted by atomic mass is 32.2. The highest BCUT2D eigenvalue weighted by molar-refractivity contribution is 7.92. The summed E-state index contributed by atoms with van der Waals surface area (Å²) in [5, 5.41) is 13.6. The number of benzene rings is 1. The molecule has 192 valence electrons. The Hall–Kier alpha value is -2.92. The zero-order chi connectivity index (χ0) is 25.3. The molecule has 9 nitrogen and oxygen atoms in total. The summed E-state index contributed by atoms with van der Waals surface area (Å²) in [4.78, 5) is 17.8. The number of hydrogen-bond acceptors (Lipinski definition) is 8. The van der Waals surface area contributed by atoms with Gasteiger partial charge in [-0.3, -0.25) is 5.10 Å². The van der Waals surface area contributed by atoms with Crippen molar-refractivity contribution >= 4 is 38.6 Å². The van der Waals surface area contributed by atoms with Crippen molar-refractivity contribution in [1.82, 2.24) is 20.5 Å². The third-order valence-electron chi connectivity index (χ3n) is 6.57. The molecule has 0 aliphatic heterocycles. The summed E-state index contributed by atoms with van der Waals surface area (Å²) >= 11 is 1.57. The molecule has 2 aliphatic carbocycles. The van der Waals surface area contributed by atoms with Crippen molar-refractivity contribution in [2.75, 3.05) is 5.32 Å². The van der Waals surface area contributed by atoms with Gasteiger partial charge in [0.2, 0.25) is 0 Å². The Labute approximate surface area is 215 Å². The van der Waals surface area contributed by atoms with Crippen molar-refractivity contribution in [3.05, 3.63) is 41.8 Å². The molecule has 0 unspecified atom stereocenters. The molecule has 0 spiro atoms. The molecule has 0 radical (unpaired) electrons. The van der Waals surface area contributed by atoms with Crippen molar-refractivity contribution in [3.63, 3.8) is 0 Å². The largest absolute Gasteiger partial charge is 0.447 e. The van der Waals surface area contributed by atoms with E-state index in [1.807, 2.05) is 26.0 Å². The number of nitrogens with one attached hydrogen (secondary N) is 3. The van der Waals surface area contributed by atoms with E-state index in [0.29, 0.717) is 34.9 Å². The number of amides is 1. The Morgan fingerprint density at radius 1 is 1.11 bits per heavy atom. The summed E-state index contributed by atoms with van der Waals surface area (Å²) < 4.78 is 31.9. The van der Waals surface area contributed by atoms with Crippen LogP contribution in [0.1, 0.15) is 63.3 Å². The van der Waals surface area contributed by atoms with E-state index in [2.05, 4.69) is 20.8 Å². The van der Waals surface area contributed by atoms with Gasteiger partial charge in [-0.25, -0.2) is 18.2 Å². The average Bonchev–Trinajstić information content (AvgIpc) is 3.38. The first kappa shape index (κ1) is 24.8. The van der Waals surface area contributed by atoms with Crippen molar-refractivity contribution in [1.29, 1.82) is 0 Å². The van der Waals surface area contributed by atoms with E-state index < -0.39 is 9.84 Å². The van der Waals surface area contributed by atoms with Gasteiger partial charge in [-0.05, 0) is 64.5 Å². The van der Waals surface area contributed by atoms with E-state index in [-0.39, 0.29) is 23.5 Å². The topological polar surface area (TPSA) is 126 Å². The van der Waals surface area contributed by atoms with E-state index in [0.717, 1.165) is 41.3 Å². The number of thiazole rings is 1. The lowest BCUT2D eigenvalue weighted by atomic mass is 9.86. The van der Waals surface area contributed by atoms with Crippen molar-refractivity contribution in [3.8, 4) is 10.4 Å². The van der Waals surface area contributed by atoms with Crippen molar-refractivity contribution in [2.24, 2.45) is 0 Å². The normalized spacial score (nSPS) is 20.3. The Kier molecular flexibility index (Phi) is 7.03. The SMILES string of the molecule is CC(C)OC(=O)N[C@H]1CC[C@H](c2ncc(-c3ccc(Nc4cn[nH]c4)cc3S(=O)(=O)C3CC3)s2)CC1. The molecule has 2 saturated carbocycles. The van der Waals surface area contributed by atoms with Crippen LogP contribution in [0.15, 0.2) is 41.7 Å². The van der Waals surface area contributed by atoms with Crippen LogP contribution in [-0.4, -0.2) is 47.1 Å². The fraction of sp³-hybridized carbons (Fsp3) is 0.480. The van der Waals surface area contributed by atoms with Gasteiger partial charge in [0.15, 0.2) is 9.84 Å². The van der Waals surface area contributed by atoms with Crippen LogP contribution in [0.5, 0.6) is 0 Å². The molecule has 5 rings (SSSR count). The molecule has 0 bridgehead atoms. The summed E-state index contributed by atoms with van der Waals surface area (Å²) in [5.74, 6) is 0.299. The van der Waals surface area contributed by atoms with Gasteiger partial charge >= 0.3 is 6.09 Å². The van der Waals surface area contributed by atoms with Crippen LogP contribution in [0.2, 0.25) is 0 Å². The van der Waals surface area contributed by atoms with Gasteiger partial charge in [0, 0.05) is 35.6 Å². The fourth-order valence-corrected chi connectivity index (χ4v) is 7.67. The molecule has 3 N–H and O–H groups in total. The molecule has 1 aromatic carbocycles. The lowest BCUT2D eigenvalue weighted by Crippen LogP contribution is -2.38. The van der Waals surface area contributed by atoms with Crippen molar-refractivity contribution < 1.29 is 17.9 Å². The maximum atomic E-state index is 13.3. The fourth-order valence-electron chi connectivity index (χ4n) is 4.58. The van der Waals surface area contributed by atoms with Gasteiger partial charge in [-0.15, -0.1) is 11.3 Å². The minimum absolute atomic E-state index is 0.109. The average molecular weight is 530 g/mol. The third-order valence-corrected chi connectivity index (χ3v) is 10.1. The first-order chi connectivity index (χ1) is 17.3. The number of carbonyl (C=O) groups excluding carboxylic acids is 1. The predicted octanol–water partition coefficient (Wildman–Crippen LogP) is 5.37. The Balaban J connectivity index is 1.33. The minimum atomic E-state index is -3.43. The zero-order valence-corrected chi connectivity index (χ0v) is 22.0. The van der Waals surface area contributed by atoms with Gasteiger partial charge in [0.1, 0.15) is 0 Å². The second kappa shape index (κ2) is 10.2. The number of carbonyl (C=O) groups is 1. The van der Waals surface area contributed by atoms with Gasteiger partial charge < -0.3 is 15.4 Å². The Morgan fingerprint density at radius 2 is 1.89 bits per heavy atom. The lowest BCUT2D eigenvalue weighted by Gasteiger charge is -2.28. The minimum Gasteiger partial charge on any atom is -0.447 e. The first-order valence-corrected chi connectivity index (χ1v) is 14.7. The molecule has 2 heterocycles. The predicted molar refractivity (Wildman–Crippen MR) is 139 cm³/mol. The molecule has 1 amide bonds. The maximum Gasteiger partial charge on any atom is 0.407 e. The quantitative estimate of drug-likeness (QED) is 0.358. The number of anilines is 2. The van der Waals surface area contributed by atoms with Crippen LogP contribution in [0, 0.1) is 0 Å². The van der Waals surface area contributed by atoms with E-state index >= 15 is 0 Å². The zero-order valence-electron chi connectivity index (χ0n) is 20.4. The van der Waals surface area contributed by atoms with Gasteiger partial charge in [0.05, 0.1) is 38.0 Å².